The second-order valence-electron chi connectivity index (χ2n) is 2.12. The fourth-order valence-electron chi connectivity index (χ4n) is 0.218. The molecule has 0 radical (unpaired) electrons. The summed E-state index contributed by atoms with van der Waals surface area (Å²) in [6.07, 6.45) is 6.09. The Kier molecular flexibility index (Phi) is 10.2. The molecule has 0 N–H and O–H groups in total. The number of hydrogen-bond donors (Lipinski definition) is 0. The van der Waals surface area contributed by atoms with Crippen molar-refractivity contribution in [3.8, 4) is 12.3 Å². The number of halogens is 1. The Morgan fingerprint density at radius 2 is 1.82 bits per heavy atom. The van der Waals surface area contributed by atoms with Gasteiger partial charge in [0.2, 0.25) is 0 Å². The van der Waals surface area contributed by atoms with E-state index >= 15 is 0 Å². The van der Waals surface area contributed by atoms with Crippen molar-refractivity contribution in [2.24, 2.45) is 4.99 Å². The summed E-state index contributed by atoms with van der Waals surface area (Å²) in [7, 11) is 0. The molecule has 0 aromatic carbocycles. The van der Waals surface area contributed by atoms with Gasteiger partial charge in [0.25, 0.3) is 0 Å². The maximum absolute atomic E-state index is 11.8. The smallest absolute Gasteiger partial charge is 0.185 e. The third kappa shape index (κ3) is 27.9. The topological polar surface area (TPSA) is 12.4 Å². The van der Waals surface area contributed by atoms with Crippen LogP contribution in [0, 0.1) is 12.3 Å². The van der Waals surface area contributed by atoms with Gasteiger partial charge in [-0.1, -0.05) is 5.57 Å². The van der Waals surface area contributed by atoms with Gasteiger partial charge in [0, 0.05) is 13.1 Å². The summed E-state index contributed by atoms with van der Waals surface area (Å²) in [5.41, 5.74) is 1.00. The zero-order valence-corrected chi connectivity index (χ0v) is 7.48. The average molecular weight is 155 g/mol. The molecule has 0 aliphatic carbocycles. The van der Waals surface area contributed by atoms with E-state index in [4.69, 9.17) is 0 Å². The monoisotopic (exact) mass is 155 g/mol. The van der Waals surface area contributed by atoms with Crippen LogP contribution in [0.2, 0.25) is 0 Å². The van der Waals surface area contributed by atoms with Gasteiger partial charge in [0.1, 0.15) is 0 Å². The summed E-state index contributed by atoms with van der Waals surface area (Å²) in [5.74, 6) is 1.85. The van der Waals surface area contributed by atoms with Crippen LogP contribution in [0.3, 0.4) is 0 Å². The van der Waals surface area contributed by atoms with Crippen LogP contribution in [0.4, 0.5) is 4.39 Å². The molecule has 0 atom stereocenters. The highest BCUT2D eigenvalue weighted by Crippen LogP contribution is 1.89. The van der Waals surface area contributed by atoms with Crippen molar-refractivity contribution >= 4 is 5.97 Å². The summed E-state index contributed by atoms with van der Waals surface area (Å²) in [6, 6.07) is 0. The first-order chi connectivity index (χ1) is 5.04. The largest absolute Gasteiger partial charge is 0.232 e. The van der Waals surface area contributed by atoms with Crippen molar-refractivity contribution in [2.75, 3.05) is 0 Å². The lowest BCUT2D eigenvalue weighted by Gasteiger charge is -1.81. The molecule has 0 heterocycles. The maximum Gasteiger partial charge on any atom is 0.185 e. The number of hydrogen-bond acceptors (Lipinski definition) is 1. The third-order valence-electron chi connectivity index (χ3n) is 0.501. The van der Waals surface area contributed by atoms with E-state index in [0.29, 0.717) is 0 Å². The average Bonchev–Trinajstić information content (AvgIpc) is 1.85. The van der Waals surface area contributed by atoms with Gasteiger partial charge >= 0.3 is 0 Å². The van der Waals surface area contributed by atoms with Gasteiger partial charge in [-0.05, 0) is 20.8 Å². The highest BCUT2D eigenvalue weighted by atomic mass is 19.1. The Balaban J connectivity index is 0. The standard InChI is InChI=1S/C6H10FN.C3H4/c1-5(2)4-8-6(3)7;1-3-2/h4H,1-3H3;1H,2H3. The van der Waals surface area contributed by atoms with Crippen molar-refractivity contribution in [1.82, 2.24) is 0 Å². The minimum absolute atomic E-state index is 0.397. The van der Waals surface area contributed by atoms with E-state index in [2.05, 4.69) is 17.3 Å². The van der Waals surface area contributed by atoms with E-state index in [1.807, 2.05) is 13.8 Å². The Morgan fingerprint density at radius 1 is 1.45 bits per heavy atom. The summed E-state index contributed by atoms with van der Waals surface area (Å²) in [6.45, 7) is 6.71. The third-order valence-corrected chi connectivity index (χ3v) is 0.501. The molecular formula is C9H14FN. The van der Waals surface area contributed by atoms with E-state index in [9.17, 15) is 4.39 Å². The van der Waals surface area contributed by atoms with Gasteiger partial charge in [-0.3, -0.25) is 0 Å². The number of terminal acetylenes is 1. The van der Waals surface area contributed by atoms with Crippen LogP contribution in [0.1, 0.15) is 27.7 Å². The first-order valence-corrected chi connectivity index (χ1v) is 3.25. The molecule has 0 spiro atoms. The van der Waals surface area contributed by atoms with Crippen LogP contribution >= 0.6 is 0 Å². The first-order valence-electron chi connectivity index (χ1n) is 3.25. The molecule has 1 nitrogen and oxygen atoms in total. The number of rotatable bonds is 1. The van der Waals surface area contributed by atoms with Crippen molar-refractivity contribution in [2.45, 2.75) is 27.7 Å². The molecule has 0 saturated heterocycles. The first kappa shape index (κ1) is 12.6. The molecular weight excluding hydrogens is 141 g/mol. The normalized spacial score (nSPS) is 8.91. The molecule has 2 heteroatoms. The fourth-order valence-corrected chi connectivity index (χ4v) is 0.218. The minimum Gasteiger partial charge on any atom is -0.232 e. The van der Waals surface area contributed by atoms with E-state index in [1.54, 1.807) is 6.92 Å². The highest BCUT2D eigenvalue weighted by Gasteiger charge is 1.76. The Morgan fingerprint density at radius 3 is 1.91 bits per heavy atom. The lowest BCUT2D eigenvalue weighted by atomic mass is 10.4. The molecule has 0 amide bonds. The predicted molar refractivity (Wildman–Crippen MR) is 48.2 cm³/mol. The number of allylic oxidation sites excluding steroid dienone is 1. The Bertz CT molecular complexity index is 160. The molecule has 0 fully saturated rings. The molecule has 11 heavy (non-hydrogen) atoms. The van der Waals surface area contributed by atoms with Crippen molar-refractivity contribution < 1.29 is 4.39 Å². The molecule has 0 aliphatic heterocycles. The predicted octanol–water partition coefficient (Wildman–Crippen LogP) is 2.94. The molecule has 62 valence electrons. The number of aliphatic imine (C=N–C) groups is 1. The lowest BCUT2D eigenvalue weighted by Crippen LogP contribution is -1.72. The van der Waals surface area contributed by atoms with Crippen LogP contribution < -0.4 is 0 Å². The van der Waals surface area contributed by atoms with Crippen LogP contribution in [0.15, 0.2) is 16.8 Å². The quantitative estimate of drug-likeness (QED) is 0.408. The SMILES string of the molecule is C#CC.CC(C)=CN=C(C)F. The van der Waals surface area contributed by atoms with Crippen LogP contribution in [-0.4, -0.2) is 5.97 Å². The van der Waals surface area contributed by atoms with Gasteiger partial charge in [0.05, 0.1) is 0 Å². The van der Waals surface area contributed by atoms with E-state index in [-0.39, 0.29) is 0 Å². The molecule has 0 aliphatic rings. The molecule has 0 bridgehead atoms. The van der Waals surface area contributed by atoms with Crippen molar-refractivity contribution in [3.63, 3.8) is 0 Å². The van der Waals surface area contributed by atoms with E-state index < -0.39 is 5.97 Å². The van der Waals surface area contributed by atoms with Gasteiger partial charge in [-0.25, -0.2) is 4.99 Å². The molecule has 0 unspecified atom stereocenters. The summed E-state index contributed by atoms with van der Waals surface area (Å²) in [5, 5.41) is 0. The van der Waals surface area contributed by atoms with Crippen LogP contribution in [0.5, 0.6) is 0 Å². The van der Waals surface area contributed by atoms with Gasteiger partial charge in [-0.15, -0.1) is 12.3 Å². The number of nitrogens with zero attached hydrogens (tertiary/aromatic N) is 1. The zero-order valence-electron chi connectivity index (χ0n) is 7.48. The second kappa shape index (κ2) is 8.90. The molecule has 0 aromatic rings. The van der Waals surface area contributed by atoms with E-state index in [1.165, 1.54) is 13.1 Å². The van der Waals surface area contributed by atoms with Crippen molar-refractivity contribution in [3.05, 3.63) is 11.8 Å². The highest BCUT2D eigenvalue weighted by molar-refractivity contribution is 5.72. The molecule has 0 rings (SSSR count). The van der Waals surface area contributed by atoms with E-state index in [0.717, 1.165) is 5.57 Å². The molecule has 0 saturated carbocycles. The van der Waals surface area contributed by atoms with Crippen LogP contribution in [-0.2, 0) is 0 Å². The molecule has 0 aromatic heterocycles. The summed E-state index contributed by atoms with van der Waals surface area (Å²) >= 11 is 0. The van der Waals surface area contributed by atoms with Gasteiger partial charge < -0.3 is 0 Å². The minimum atomic E-state index is -0.397. The van der Waals surface area contributed by atoms with Gasteiger partial charge in [0.15, 0.2) is 5.97 Å². The Hall–Kier alpha value is -1.10. The van der Waals surface area contributed by atoms with Crippen LogP contribution in [0.25, 0.3) is 0 Å². The zero-order chi connectivity index (χ0) is 9.28. The van der Waals surface area contributed by atoms with Gasteiger partial charge in [-0.2, -0.15) is 4.39 Å². The Labute approximate surface area is 68.0 Å². The van der Waals surface area contributed by atoms with Crippen molar-refractivity contribution in [1.29, 1.82) is 0 Å². The fraction of sp³-hybridized carbons (Fsp3) is 0.444. The second-order valence-corrected chi connectivity index (χ2v) is 2.12. The summed E-state index contributed by atoms with van der Waals surface area (Å²) in [4.78, 5) is 3.41. The maximum atomic E-state index is 11.8. The lowest BCUT2D eigenvalue weighted by molar-refractivity contribution is 0.797. The summed E-state index contributed by atoms with van der Waals surface area (Å²) < 4.78 is 11.8.